The van der Waals surface area contributed by atoms with Crippen molar-refractivity contribution >= 4 is 0 Å². The molecule has 0 fully saturated rings. The summed E-state index contributed by atoms with van der Waals surface area (Å²) in [7, 11) is 0. The minimum atomic E-state index is -0.289. The van der Waals surface area contributed by atoms with Gasteiger partial charge in [0.25, 0.3) is 0 Å². The molecule has 0 radical (unpaired) electrons. The molecule has 0 heterocycles. The van der Waals surface area contributed by atoms with E-state index in [0.29, 0.717) is 11.6 Å². The van der Waals surface area contributed by atoms with Gasteiger partial charge in [-0.1, -0.05) is 37.7 Å². The van der Waals surface area contributed by atoms with E-state index in [1.807, 2.05) is 0 Å². The van der Waals surface area contributed by atoms with Crippen molar-refractivity contribution in [2.45, 2.75) is 52.6 Å². The van der Waals surface area contributed by atoms with Crippen LogP contribution in [0.4, 0.5) is 4.39 Å². The van der Waals surface area contributed by atoms with Crippen LogP contribution in [0.1, 0.15) is 51.2 Å². The van der Waals surface area contributed by atoms with Crippen molar-refractivity contribution in [2.24, 2.45) is 0 Å². The number of benzene rings is 1. The molecule has 0 aliphatic heterocycles. The van der Waals surface area contributed by atoms with Crippen molar-refractivity contribution in [3.63, 3.8) is 0 Å². The number of aliphatic hydroxyl groups is 1. The topological polar surface area (TPSA) is 23.5 Å². The lowest BCUT2D eigenvalue weighted by molar-refractivity contribution is 0.208. The molecule has 2 nitrogen and oxygen atoms in total. The van der Waals surface area contributed by atoms with Crippen LogP contribution in [0.3, 0.4) is 0 Å². The van der Waals surface area contributed by atoms with Gasteiger partial charge in [-0.2, -0.15) is 0 Å². The predicted molar refractivity (Wildman–Crippen MR) is 85.4 cm³/mol. The Morgan fingerprint density at radius 2 is 2.05 bits per heavy atom. The van der Waals surface area contributed by atoms with Crippen LogP contribution < -0.4 is 0 Å². The second kappa shape index (κ2) is 9.55. The molecular weight excluding hydrogens is 265 g/mol. The Hall–Kier alpha value is -1.37. The first-order valence-electron chi connectivity index (χ1n) is 7.70. The van der Waals surface area contributed by atoms with Gasteiger partial charge in [-0.15, -0.1) is 0 Å². The molecule has 0 saturated carbocycles. The molecule has 1 aromatic rings. The van der Waals surface area contributed by atoms with Crippen molar-refractivity contribution in [1.29, 1.82) is 0 Å². The maximum atomic E-state index is 13.4. The summed E-state index contributed by atoms with van der Waals surface area (Å²) in [4.78, 5) is 2.38. The van der Waals surface area contributed by atoms with Gasteiger partial charge in [0, 0.05) is 18.2 Å². The molecule has 3 heteroatoms. The van der Waals surface area contributed by atoms with Crippen molar-refractivity contribution in [3.05, 3.63) is 35.1 Å². The van der Waals surface area contributed by atoms with E-state index in [1.165, 1.54) is 31.4 Å². The number of nitrogens with zero attached hydrogens (tertiary/aromatic N) is 1. The van der Waals surface area contributed by atoms with Crippen LogP contribution in [0.2, 0.25) is 0 Å². The van der Waals surface area contributed by atoms with Crippen LogP contribution in [-0.4, -0.2) is 29.2 Å². The van der Waals surface area contributed by atoms with Gasteiger partial charge in [-0.05, 0) is 44.5 Å². The van der Waals surface area contributed by atoms with Gasteiger partial charge in [0.05, 0.1) is 0 Å². The summed E-state index contributed by atoms with van der Waals surface area (Å²) in [6, 6.07) is 5.16. The molecular formula is C18H26FNO. The molecule has 0 spiro atoms. The Labute approximate surface area is 128 Å². The minimum absolute atomic E-state index is 0.208. The lowest BCUT2D eigenvalue weighted by Gasteiger charge is -2.27. The minimum Gasteiger partial charge on any atom is -0.384 e. The summed E-state index contributed by atoms with van der Waals surface area (Å²) >= 11 is 0. The van der Waals surface area contributed by atoms with E-state index in [9.17, 15) is 4.39 Å². The Morgan fingerprint density at radius 1 is 1.29 bits per heavy atom. The van der Waals surface area contributed by atoms with Crippen LogP contribution in [0.15, 0.2) is 18.2 Å². The Bertz CT molecular complexity index is 488. The lowest BCUT2D eigenvalue weighted by atomic mass is 10.1. The lowest BCUT2D eigenvalue weighted by Crippen LogP contribution is -2.31. The zero-order chi connectivity index (χ0) is 15.7. The number of halogens is 1. The average molecular weight is 291 g/mol. The fourth-order valence-corrected chi connectivity index (χ4v) is 2.24. The highest BCUT2D eigenvalue weighted by molar-refractivity contribution is 5.41. The Morgan fingerprint density at radius 3 is 2.67 bits per heavy atom. The van der Waals surface area contributed by atoms with E-state index in [1.54, 1.807) is 6.07 Å². The molecule has 0 aliphatic carbocycles. The van der Waals surface area contributed by atoms with Gasteiger partial charge >= 0.3 is 0 Å². The Balaban J connectivity index is 2.87. The summed E-state index contributed by atoms with van der Waals surface area (Å²) in [6.45, 7) is 8.14. The van der Waals surface area contributed by atoms with E-state index in [-0.39, 0.29) is 12.4 Å². The largest absolute Gasteiger partial charge is 0.384 e. The van der Waals surface area contributed by atoms with E-state index in [4.69, 9.17) is 5.11 Å². The van der Waals surface area contributed by atoms with Crippen molar-refractivity contribution in [3.8, 4) is 11.8 Å². The van der Waals surface area contributed by atoms with E-state index in [0.717, 1.165) is 18.7 Å². The average Bonchev–Trinajstić information content (AvgIpc) is 2.45. The predicted octanol–water partition coefficient (Wildman–Crippen LogP) is 3.57. The van der Waals surface area contributed by atoms with Crippen LogP contribution in [-0.2, 0) is 6.54 Å². The van der Waals surface area contributed by atoms with Gasteiger partial charge in [-0.3, -0.25) is 4.90 Å². The van der Waals surface area contributed by atoms with Gasteiger partial charge in [0.15, 0.2) is 0 Å². The molecule has 1 rings (SSSR count). The molecule has 0 bridgehead atoms. The number of rotatable bonds is 7. The molecule has 21 heavy (non-hydrogen) atoms. The zero-order valence-corrected chi connectivity index (χ0v) is 13.3. The number of aliphatic hydroxyl groups excluding tert-OH is 1. The number of unbranched alkanes of at least 4 members (excludes halogenated alkanes) is 2. The first-order chi connectivity index (χ1) is 10.1. The summed E-state index contributed by atoms with van der Waals surface area (Å²) in [5.41, 5.74) is 1.69. The molecule has 0 saturated heterocycles. The molecule has 0 atom stereocenters. The highest BCUT2D eigenvalue weighted by Crippen LogP contribution is 2.15. The van der Waals surface area contributed by atoms with Crippen LogP contribution >= 0.6 is 0 Å². The van der Waals surface area contributed by atoms with E-state index < -0.39 is 0 Å². The van der Waals surface area contributed by atoms with Gasteiger partial charge in [-0.25, -0.2) is 4.39 Å². The molecule has 1 N–H and O–H groups in total. The third-order valence-corrected chi connectivity index (χ3v) is 3.53. The van der Waals surface area contributed by atoms with E-state index in [2.05, 4.69) is 37.5 Å². The molecule has 0 amide bonds. The molecule has 1 aromatic carbocycles. The van der Waals surface area contributed by atoms with Crippen LogP contribution in [0.5, 0.6) is 0 Å². The van der Waals surface area contributed by atoms with Gasteiger partial charge in [0.1, 0.15) is 12.4 Å². The van der Waals surface area contributed by atoms with Crippen LogP contribution in [0.25, 0.3) is 0 Å². The standard InChI is InChI=1S/C18H26FNO/c1-4-5-6-11-20(15(2)3)14-17-9-10-18(19)13-16(17)8-7-12-21/h9-10,13,15,21H,4-6,11-12,14H2,1-3H3. The number of hydrogen-bond acceptors (Lipinski definition) is 2. The van der Waals surface area contributed by atoms with Gasteiger partial charge < -0.3 is 5.11 Å². The van der Waals surface area contributed by atoms with Crippen molar-refractivity contribution in [2.75, 3.05) is 13.2 Å². The summed E-state index contributed by atoms with van der Waals surface area (Å²) in [5, 5.41) is 8.82. The maximum Gasteiger partial charge on any atom is 0.124 e. The first kappa shape index (κ1) is 17.7. The fourth-order valence-electron chi connectivity index (χ4n) is 2.24. The zero-order valence-electron chi connectivity index (χ0n) is 13.3. The monoisotopic (exact) mass is 291 g/mol. The van der Waals surface area contributed by atoms with E-state index >= 15 is 0 Å². The summed E-state index contributed by atoms with van der Waals surface area (Å²) in [6.07, 6.45) is 3.60. The first-order valence-corrected chi connectivity index (χ1v) is 7.70. The summed E-state index contributed by atoms with van der Waals surface area (Å²) in [5.74, 6) is 5.17. The quantitative estimate of drug-likeness (QED) is 0.613. The smallest absolute Gasteiger partial charge is 0.124 e. The normalized spacial score (nSPS) is 10.8. The number of hydrogen-bond donors (Lipinski definition) is 1. The molecule has 0 aromatic heterocycles. The SMILES string of the molecule is CCCCCN(Cc1ccc(F)cc1C#CCO)C(C)C. The molecule has 0 unspecified atom stereocenters. The van der Waals surface area contributed by atoms with Gasteiger partial charge in [0.2, 0.25) is 0 Å². The van der Waals surface area contributed by atoms with Crippen molar-refractivity contribution < 1.29 is 9.50 Å². The third kappa shape index (κ3) is 6.29. The fraction of sp³-hybridized carbons (Fsp3) is 0.556. The van der Waals surface area contributed by atoms with Crippen molar-refractivity contribution in [1.82, 2.24) is 4.90 Å². The second-order valence-corrected chi connectivity index (χ2v) is 5.53. The van der Waals surface area contributed by atoms with Crippen LogP contribution in [0, 0.1) is 17.7 Å². The highest BCUT2D eigenvalue weighted by Gasteiger charge is 2.12. The molecule has 0 aliphatic rings. The maximum absolute atomic E-state index is 13.4. The third-order valence-electron chi connectivity index (χ3n) is 3.53. The summed E-state index contributed by atoms with van der Waals surface area (Å²) < 4.78 is 13.4. The molecule has 116 valence electrons. The second-order valence-electron chi connectivity index (χ2n) is 5.53. The highest BCUT2D eigenvalue weighted by atomic mass is 19.1. The Kier molecular flexibility index (Phi) is 8.04.